The molecule has 0 unspecified atom stereocenters. The molecule has 4 nitrogen and oxygen atoms in total. The van der Waals surface area contributed by atoms with Crippen LogP contribution in [0.2, 0.25) is 10.0 Å². The van der Waals surface area contributed by atoms with Crippen LogP contribution in [0.15, 0.2) is 24.4 Å². The molecule has 0 bridgehead atoms. The SMILES string of the molecule is Nc1cnnn1Cc1cccc(Cl)c1Cl. The van der Waals surface area contributed by atoms with Gasteiger partial charge in [-0.3, -0.25) is 0 Å². The summed E-state index contributed by atoms with van der Waals surface area (Å²) in [6.07, 6.45) is 1.48. The fourth-order valence-corrected chi connectivity index (χ4v) is 1.60. The fraction of sp³-hybridized carbons (Fsp3) is 0.111. The smallest absolute Gasteiger partial charge is 0.142 e. The van der Waals surface area contributed by atoms with Crippen molar-refractivity contribution >= 4 is 29.0 Å². The molecule has 0 aliphatic rings. The quantitative estimate of drug-likeness (QED) is 0.879. The third kappa shape index (κ3) is 2.06. The van der Waals surface area contributed by atoms with Crippen molar-refractivity contribution in [3.8, 4) is 0 Å². The number of benzene rings is 1. The van der Waals surface area contributed by atoms with Gasteiger partial charge in [-0.05, 0) is 11.6 Å². The van der Waals surface area contributed by atoms with Crippen LogP contribution in [0.25, 0.3) is 0 Å². The van der Waals surface area contributed by atoms with Crippen molar-refractivity contribution in [1.29, 1.82) is 0 Å². The van der Waals surface area contributed by atoms with Gasteiger partial charge in [-0.15, -0.1) is 5.10 Å². The molecule has 0 aliphatic heterocycles. The molecule has 1 aromatic heterocycles. The van der Waals surface area contributed by atoms with Crippen molar-refractivity contribution < 1.29 is 0 Å². The van der Waals surface area contributed by atoms with E-state index in [1.807, 2.05) is 12.1 Å². The van der Waals surface area contributed by atoms with E-state index in [-0.39, 0.29) is 0 Å². The average molecular weight is 243 g/mol. The van der Waals surface area contributed by atoms with Crippen LogP contribution in [0.3, 0.4) is 0 Å². The lowest BCUT2D eigenvalue weighted by molar-refractivity contribution is 0.658. The Balaban J connectivity index is 2.33. The van der Waals surface area contributed by atoms with Gasteiger partial charge in [0.05, 0.1) is 22.8 Å². The van der Waals surface area contributed by atoms with Crippen LogP contribution in [0, 0.1) is 0 Å². The summed E-state index contributed by atoms with van der Waals surface area (Å²) in [5.74, 6) is 0.492. The van der Waals surface area contributed by atoms with Crippen molar-refractivity contribution in [2.24, 2.45) is 0 Å². The summed E-state index contributed by atoms with van der Waals surface area (Å²) in [5.41, 5.74) is 6.50. The monoisotopic (exact) mass is 242 g/mol. The third-order valence-electron chi connectivity index (χ3n) is 2.00. The van der Waals surface area contributed by atoms with Crippen LogP contribution in [-0.2, 0) is 6.54 Å². The summed E-state index contributed by atoms with van der Waals surface area (Å²) >= 11 is 11.9. The molecular weight excluding hydrogens is 235 g/mol. The minimum absolute atomic E-state index is 0.464. The first-order chi connectivity index (χ1) is 7.18. The zero-order valence-corrected chi connectivity index (χ0v) is 9.20. The van der Waals surface area contributed by atoms with Gasteiger partial charge in [0.15, 0.2) is 0 Å². The molecule has 6 heteroatoms. The van der Waals surface area contributed by atoms with Crippen molar-refractivity contribution in [1.82, 2.24) is 15.0 Å². The van der Waals surface area contributed by atoms with Gasteiger partial charge >= 0.3 is 0 Å². The van der Waals surface area contributed by atoms with E-state index in [1.54, 1.807) is 10.7 Å². The second-order valence-electron chi connectivity index (χ2n) is 3.03. The second kappa shape index (κ2) is 4.08. The number of anilines is 1. The molecule has 0 saturated carbocycles. The molecular formula is C9H8Cl2N4. The predicted molar refractivity (Wildman–Crippen MR) is 60.0 cm³/mol. The molecule has 78 valence electrons. The molecule has 2 N–H and O–H groups in total. The highest BCUT2D eigenvalue weighted by molar-refractivity contribution is 6.42. The Bertz CT molecular complexity index is 481. The van der Waals surface area contributed by atoms with E-state index in [2.05, 4.69) is 10.3 Å². The van der Waals surface area contributed by atoms with Crippen molar-refractivity contribution in [3.63, 3.8) is 0 Å². The largest absolute Gasteiger partial charge is 0.383 e. The van der Waals surface area contributed by atoms with Crippen LogP contribution in [-0.4, -0.2) is 15.0 Å². The summed E-state index contributed by atoms with van der Waals surface area (Å²) in [6, 6.07) is 5.43. The van der Waals surface area contributed by atoms with Crippen molar-refractivity contribution in [2.45, 2.75) is 6.54 Å². The van der Waals surface area contributed by atoms with E-state index in [9.17, 15) is 0 Å². The van der Waals surface area contributed by atoms with E-state index in [0.717, 1.165) is 5.56 Å². The van der Waals surface area contributed by atoms with E-state index in [0.29, 0.717) is 22.4 Å². The fourth-order valence-electron chi connectivity index (χ4n) is 1.22. The summed E-state index contributed by atoms with van der Waals surface area (Å²) in [4.78, 5) is 0. The summed E-state index contributed by atoms with van der Waals surface area (Å²) in [5, 5.41) is 8.55. The Kier molecular flexibility index (Phi) is 2.79. The van der Waals surface area contributed by atoms with Gasteiger partial charge in [-0.2, -0.15) is 0 Å². The highest BCUT2D eigenvalue weighted by atomic mass is 35.5. The molecule has 0 atom stereocenters. The molecule has 0 amide bonds. The number of nitrogen functional groups attached to an aromatic ring is 1. The molecule has 0 radical (unpaired) electrons. The number of rotatable bonds is 2. The first kappa shape index (κ1) is 10.3. The lowest BCUT2D eigenvalue weighted by Gasteiger charge is -2.06. The Morgan fingerprint density at radius 3 is 2.80 bits per heavy atom. The van der Waals surface area contributed by atoms with Gasteiger partial charge in [-0.25, -0.2) is 4.68 Å². The maximum atomic E-state index is 6.03. The van der Waals surface area contributed by atoms with Gasteiger partial charge in [0, 0.05) is 0 Å². The molecule has 2 aromatic rings. The molecule has 1 aromatic carbocycles. The Hall–Kier alpha value is -1.26. The van der Waals surface area contributed by atoms with Crippen LogP contribution >= 0.6 is 23.2 Å². The van der Waals surface area contributed by atoms with Crippen LogP contribution in [0.4, 0.5) is 5.82 Å². The predicted octanol–water partition coefficient (Wildman–Crippen LogP) is 2.22. The maximum Gasteiger partial charge on any atom is 0.142 e. The van der Waals surface area contributed by atoms with Crippen molar-refractivity contribution in [2.75, 3.05) is 5.73 Å². The van der Waals surface area contributed by atoms with E-state index in [4.69, 9.17) is 28.9 Å². The van der Waals surface area contributed by atoms with Gasteiger partial charge < -0.3 is 5.73 Å². The van der Waals surface area contributed by atoms with E-state index >= 15 is 0 Å². The van der Waals surface area contributed by atoms with Crippen molar-refractivity contribution in [3.05, 3.63) is 40.0 Å². The Morgan fingerprint density at radius 2 is 2.13 bits per heavy atom. The topological polar surface area (TPSA) is 56.7 Å². The second-order valence-corrected chi connectivity index (χ2v) is 3.81. The summed E-state index contributed by atoms with van der Waals surface area (Å²) in [7, 11) is 0. The number of aromatic nitrogens is 3. The van der Waals surface area contributed by atoms with Crippen LogP contribution in [0.1, 0.15) is 5.56 Å². The molecule has 0 fully saturated rings. The Labute approximate surface area is 96.6 Å². The zero-order valence-electron chi connectivity index (χ0n) is 7.69. The highest BCUT2D eigenvalue weighted by Gasteiger charge is 2.06. The number of halogens is 2. The molecule has 0 saturated heterocycles. The van der Waals surface area contributed by atoms with Gasteiger partial charge in [0.1, 0.15) is 5.82 Å². The average Bonchev–Trinajstić information content (AvgIpc) is 2.60. The first-order valence-electron chi connectivity index (χ1n) is 4.25. The summed E-state index contributed by atoms with van der Waals surface area (Å²) in [6.45, 7) is 0.464. The number of hydrogen-bond donors (Lipinski definition) is 1. The van der Waals surface area contributed by atoms with Gasteiger partial charge in [0.25, 0.3) is 0 Å². The molecule has 0 spiro atoms. The number of nitrogens with zero attached hydrogens (tertiary/aromatic N) is 3. The highest BCUT2D eigenvalue weighted by Crippen LogP contribution is 2.26. The third-order valence-corrected chi connectivity index (χ3v) is 2.86. The standard InChI is InChI=1S/C9H8Cl2N4/c10-7-3-1-2-6(9(7)11)5-15-8(12)4-13-14-15/h1-4H,5,12H2. The number of hydrogen-bond acceptors (Lipinski definition) is 3. The van der Waals surface area contributed by atoms with E-state index in [1.165, 1.54) is 6.20 Å². The lowest BCUT2D eigenvalue weighted by atomic mass is 10.2. The molecule has 2 rings (SSSR count). The normalized spacial score (nSPS) is 10.5. The van der Waals surface area contributed by atoms with Crippen LogP contribution in [0.5, 0.6) is 0 Å². The molecule has 15 heavy (non-hydrogen) atoms. The minimum atomic E-state index is 0.464. The lowest BCUT2D eigenvalue weighted by Crippen LogP contribution is -2.06. The molecule has 1 heterocycles. The first-order valence-corrected chi connectivity index (χ1v) is 5.01. The maximum absolute atomic E-state index is 6.03. The zero-order chi connectivity index (χ0) is 10.8. The summed E-state index contributed by atoms with van der Waals surface area (Å²) < 4.78 is 1.55. The minimum Gasteiger partial charge on any atom is -0.383 e. The van der Waals surface area contributed by atoms with E-state index < -0.39 is 0 Å². The van der Waals surface area contributed by atoms with Crippen LogP contribution < -0.4 is 5.73 Å². The molecule has 0 aliphatic carbocycles. The van der Waals surface area contributed by atoms with Gasteiger partial charge in [0.2, 0.25) is 0 Å². The number of nitrogens with two attached hydrogens (primary N) is 1. The Morgan fingerprint density at radius 1 is 1.33 bits per heavy atom. The van der Waals surface area contributed by atoms with Gasteiger partial charge in [-0.1, -0.05) is 40.5 Å².